The second-order valence-electron chi connectivity index (χ2n) is 3.72. The fraction of sp³-hybridized carbons (Fsp3) is 0. The minimum Gasteiger partial charge on any atom is -0.258 e. The van der Waals surface area contributed by atoms with E-state index in [4.69, 9.17) is 5.26 Å². The monoisotopic (exact) mass is 321 g/mol. The predicted molar refractivity (Wildman–Crippen MR) is 76.0 cm³/mol. The SMILES string of the molecule is N#CC(=Cc1ccc([N+](=O)[O-])s1)S(=O)(=O)c1ccccn1. The molecule has 0 saturated heterocycles. The molecule has 0 atom stereocenters. The van der Waals surface area contributed by atoms with Gasteiger partial charge >= 0.3 is 5.00 Å². The van der Waals surface area contributed by atoms with E-state index in [1.54, 1.807) is 12.1 Å². The smallest absolute Gasteiger partial charge is 0.258 e. The second-order valence-corrected chi connectivity index (χ2v) is 6.68. The summed E-state index contributed by atoms with van der Waals surface area (Å²) in [6.45, 7) is 0. The summed E-state index contributed by atoms with van der Waals surface area (Å²) >= 11 is 0.785. The predicted octanol–water partition coefficient (Wildman–Crippen LogP) is 2.39. The Bertz CT molecular complexity index is 848. The largest absolute Gasteiger partial charge is 0.324 e. The van der Waals surface area contributed by atoms with Crippen LogP contribution in [0.15, 0.2) is 46.5 Å². The van der Waals surface area contributed by atoms with Crippen molar-refractivity contribution in [1.29, 1.82) is 5.26 Å². The van der Waals surface area contributed by atoms with Crippen LogP contribution in [-0.4, -0.2) is 18.3 Å². The van der Waals surface area contributed by atoms with Gasteiger partial charge in [-0.05, 0) is 24.3 Å². The van der Waals surface area contributed by atoms with Crippen molar-refractivity contribution in [3.05, 3.63) is 56.4 Å². The topological polar surface area (TPSA) is 114 Å². The van der Waals surface area contributed by atoms with Gasteiger partial charge in [0.25, 0.3) is 0 Å². The molecule has 0 spiro atoms. The zero-order chi connectivity index (χ0) is 15.5. The van der Waals surface area contributed by atoms with Gasteiger partial charge in [-0.1, -0.05) is 17.4 Å². The molecule has 2 rings (SSSR count). The molecule has 0 amide bonds. The number of pyridine rings is 1. The Morgan fingerprint density at radius 2 is 2.14 bits per heavy atom. The standard InChI is InChI=1S/C12H7N3O4S2/c13-8-10(7-9-4-5-12(20-9)15(16)17)21(18,19)11-3-1-2-6-14-11/h1-7H. The Hall–Kier alpha value is -2.57. The molecular formula is C12H7N3O4S2. The number of aromatic nitrogens is 1. The number of nitrogens with zero attached hydrogens (tertiary/aromatic N) is 3. The lowest BCUT2D eigenvalue weighted by Crippen LogP contribution is -2.05. The summed E-state index contributed by atoms with van der Waals surface area (Å²) in [5, 5.41) is 19.3. The molecule has 7 nitrogen and oxygen atoms in total. The zero-order valence-corrected chi connectivity index (χ0v) is 12.0. The number of nitriles is 1. The van der Waals surface area contributed by atoms with Crippen LogP contribution in [-0.2, 0) is 9.84 Å². The quantitative estimate of drug-likeness (QED) is 0.485. The average Bonchev–Trinajstić information content (AvgIpc) is 2.94. The third kappa shape index (κ3) is 3.13. The first-order chi connectivity index (χ1) is 9.95. The maximum Gasteiger partial charge on any atom is 0.324 e. The number of hydrogen-bond acceptors (Lipinski definition) is 7. The molecule has 2 heterocycles. The van der Waals surface area contributed by atoms with E-state index in [1.807, 2.05) is 0 Å². The van der Waals surface area contributed by atoms with Crippen molar-refractivity contribution < 1.29 is 13.3 Å². The van der Waals surface area contributed by atoms with Crippen LogP contribution in [0.25, 0.3) is 6.08 Å². The molecule has 0 bridgehead atoms. The number of allylic oxidation sites excluding steroid dienone is 1. The Labute approximate surface area is 123 Å². The Morgan fingerprint density at radius 3 is 2.67 bits per heavy atom. The van der Waals surface area contributed by atoms with E-state index in [0.717, 1.165) is 17.4 Å². The molecule has 0 aromatic carbocycles. The van der Waals surface area contributed by atoms with Crippen LogP contribution in [0.1, 0.15) is 4.88 Å². The van der Waals surface area contributed by atoms with Crippen molar-refractivity contribution in [3.8, 4) is 6.07 Å². The van der Waals surface area contributed by atoms with Crippen molar-refractivity contribution in [2.45, 2.75) is 5.03 Å². The highest BCUT2D eigenvalue weighted by atomic mass is 32.2. The molecule has 2 aromatic rings. The minimum absolute atomic E-state index is 0.131. The molecule has 0 unspecified atom stereocenters. The summed E-state index contributed by atoms with van der Waals surface area (Å²) in [5.74, 6) is 0. The van der Waals surface area contributed by atoms with Crippen molar-refractivity contribution in [2.24, 2.45) is 0 Å². The van der Waals surface area contributed by atoms with E-state index in [-0.39, 0.29) is 10.0 Å². The van der Waals surface area contributed by atoms with Crippen LogP contribution in [0.3, 0.4) is 0 Å². The van der Waals surface area contributed by atoms with Crippen molar-refractivity contribution in [2.75, 3.05) is 0 Å². The molecule has 21 heavy (non-hydrogen) atoms. The summed E-state index contributed by atoms with van der Waals surface area (Å²) in [4.78, 5) is 13.5. The maximum atomic E-state index is 12.2. The van der Waals surface area contributed by atoms with Crippen LogP contribution >= 0.6 is 11.3 Å². The van der Waals surface area contributed by atoms with Crippen molar-refractivity contribution in [3.63, 3.8) is 0 Å². The van der Waals surface area contributed by atoms with Gasteiger partial charge in [-0.2, -0.15) is 5.26 Å². The number of nitro groups is 1. The fourth-order valence-corrected chi connectivity index (χ4v) is 3.36. The highest BCUT2D eigenvalue weighted by molar-refractivity contribution is 7.95. The van der Waals surface area contributed by atoms with E-state index in [1.165, 1.54) is 30.5 Å². The summed E-state index contributed by atoms with van der Waals surface area (Å²) in [5.41, 5.74) is 0. The van der Waals surface area contributed by atoms with E-state index >= 15 is 0 Å². The molecular weight excluding hydrogens is 314 g/mol. The molecule has 2 aromatic heterocycles. The summed E-state index contributed by atoms with van der Waals surface area (Å²) in [6.07, 6.45) is 2.40. The van der Waals surface area contributed by atoms with E-state index in [9.17, 15) is 18.5 Å². The first-order valence-electron chi connectivity index (χ1n) is 5.47. The first-order valence-corrected chi connectivity index (χ1v) is 7.77. The third-order valence-corrected chi connectivity index (χ3v) is 4.94. The number of thiophene rings is 1. The molecule has 0 aliphatic rings. The molecule has 0 saturated carbocycles. The van der Waals surface area contributed by atoms with Crippen LogP contribution < -0.4 is 0 Å². The highest BCUT2D eigenvalue weighted by Crippen LogP contribution is 2.27. The van der Waals surface area contributed by atoms with Gasteiger partial charge < -0.3 is 0 Å². The maximum absolute atomic E-state index is 12.2. The van der Waals surface area contributed by atoms with Crippen molar-refractivity contribution >= 4 is 32.3 Å². The summed E-state index contributed by atoms with van der Waals surface area (Å²) in [7, 11) is -4.03. The lowest BCUT2D eigenvalue weighted by molar-refractivity contribution is -0.380. The molecule has 0 radical (unpaired) electrons. The summed E-state index contributed by atoms with van der Waals surface area (Å²) < 4.78 is 24.5. The zero-order valence-electron chi connectivity index (χ0n) is 10.3. The van der Waals surface area contributed by atoms with Gasteiger partial charge in [0.1, 0.15) is 6.07 Å². The molecule has 106 valence electrons. The first kappa shape index (κ1) is 14.8. The third-order valence-electron chi connectivity index (χ3n) is 2.38. The van der Waals surface area contributed by atoms with Crippen LogP contribution in [0.4, 0.5) is 5.00 Å². The van der Waals surface area contributed by atoms with Gasteiger partial charge in [-0.3, -0.25) is 10.1 Å². The second kappa shape index (κ2) is 5.82. The Kier molecular flexibility index (Phi) is 4.11. The lowest BCUT2D eigenvalue weighted by Gasteiger charge is -2.00. The van der Waals surface area contributed by atoms with Gasteiger partial charge in [0.05, 0.1) is 4.92 Å². The van der Waals surface area contributed by atoms with Crippen LogP contribution in [0, 0.1) is 21.4 Å². The van der Waals surface area contributed by atoms with Crippen molar-refractivity contribution in [1.82, 2.24) is 4.98 Å². The number of sulfone groups is 1. The summed E-state index contributed by atoms with van der Waals surface area (Å²) in [6, 6.07) is 8.55. The average molecular weight is 321 g/mol. The Balaban J connectivity index is 2.46. The van der Waals surface area contributed by atoms with Gasteiger partial charge in [0.2, 0.25) is 9.84 Å². The van der Waals surface area contributed by atoms with Crippen LogP contribution in [0.5, 0.6) is 0 Å². The highest BCUT2D eigenvalue weighted by Gasteiger charge is 2.22. The molecule has 0 aliphatic heterocycles. The van der Waals surface area contributed by atoms with Gasteiger partial charge in [-0.15, -0.1) is 0 Å². The fourth-order valence-electron chi connectivity index (χ4n) is 1.44. The van der Waals surface area contributed by atoms with E-state index in [0.29, 0.717) is 4.88 Å². The van der Waals surface area contributed by atoms with Gasteiger partial charge in [0.15, 0.2) is 9.93 Å². The van der Waals surface area contributed by atoms with E-state index < -0.39 is 19.7 Å². The minimum atomic E-state index is -4.03. The van der Waals surface area contributed by atoms with Gasteiger partial charge in [0, 0.05) is 17.1 Å². The number of rotatable bonds is 4. The normalized spacial score (nSPS) is 11.9. The molecule has 0 fully saturated rings. The molecule has 0 N–H and O–H groups in total. The van der Waals surface area contributed by atoms with Crippen LogP contribution in [0.2, 0.25) is 0 Å². The molecule has 0 aliphatic carbocycles. The van der Waals surface area contributed by atoms with Gasteiger partial charge in [-0.25, -0.2) is 13.4 Å². The Morgan fingerprint density at radius 1 is 1.38 bits per heavy atom. The van der Waals surface area contributed by atoms with E-state index in [2.05, 4.69) is 4.98 Å². The number of hydrogen-bond donors (Lipinski definition) is 0. The lowest BCUT2D eigenvalue weighted by atomic mass is 10.4. The molecule has 9 heteroatoms.